The molecule has 130 valence electrons. The molecule has 7 nitrogen and oxygen atoms in total. The summed E-state index contributed by atoms with van der Waals surface area (Å²) in [6.07, 6.45) is 3.56. The molecule has 1 saturated heterocycles. The maximum atomic E-state index is 13.7. The number of hydrogen-bond donors (Lipinski definition) is 2. The molecule has 3 rings (SSSR count). The standard InChI is InChI=1S/C17H16FN3O4/c1-2-14(22)21-12-8-10(5-6-11(12)18)20-17(23)15-16(25-9-19-15)13-4-3-7-24-13/h2,5-6,8-9,13H,1,3-4,7H2,(H,20,23)(H,21,22). The van der Waals surface area contributed by atoms with Crippen LogP contribution >= 0.6 is 0 Å². The van der Waals surface area contributed by atoms with Crippen molar-refractivity contribution in [2.24, 2.45) is 0 Å². The molecule has 0 bridgehead atoms. The predicted octanol–water partition coefficient (Wildman–Crippen LogP) is 3.04. The summed E-state index contributed by atoms with van der Waals surface area (Å²) in [5.74, 6) is -1.32. The number of oxazole rings is 1. The molecule has 0 radical (unpaired) electrons. The Kier molecular flexibility index (Phi) is 4.90. The highest BCUT2D eigenvalue weighted by Crippen LogP contribution is 2.31. The minimum Gasteiger partial charge on any atom is -0.445 e. The zero-order valence-electron chi connectivity index (χ0n) is 13.3. The highest BCUT2D eigenvalue weighted by molar-refractivity contribution is 6.04. The lowest BCUT2D eigenvalue weighted by Gasteiger charge is -2.10. The minimum atomic E-state index is -0.630. The van der Waals surface area contributed by atoms with Crippen molar-refractivity contribution in [2.45, 2.75) is 18.9 Å². The molecule has 1 aliphatic rings. The Morgan fingerprint density at radius 2 is 2.20 bits per heavy atom. The Hall–Kier alpha value is -3.00. The number of nitrogens with one attached hydrogen (secondary N) is 2. The maximum Gasteiger partial charge on any atom is 0.278 e. The van der Waals surface area contributed by atoms with Crippen LogP contribution in [0.4, 0.5) is 15.8 Å². The molecule has 1 aromatic heterocycles. The second-order valence-electron chi connectivity index (χ2n) is 5.41. The van der Waals surface area contributed by atoms with Gasteiger partial charge >= 0.3 is 0 Å². The summed E-state index contributed by atoms with van der Waals surface area (Å²) in [6, 6.07) is 3.82. The molecular weight excluding hydrogens is 329 g/mol. The summed E-state index contributed by atoms with van der Waals surface area (Å²) in [7, 11) is 0. The van der Waals surface area contributed by atoms with Crippen molar-refractivity contribution in [3.8, 4) is 0 Å². The van der Waals surface area contributed by atoms with Crippen LogP contribution in [0.5, 0.6) is 0 Å². The van der Waals surface area contributed by atoms with Crippen molar-refractivity contribution in [2.75, 3.05) is 17.2 Å². The van der Waals surface area contributed by atoms with E-state index in [1.54, 1.807) is 0 Å². The number of halogens is 1. The van der Waals surface area contributed by atoms with Crippen LogP contribution in [0, 0.1) is 5.82 Å². The third-order valence-corrected chi connectivity index (χ3v) is 3.70. The third-order valence-electron chi connectivity index (χ3n) is 3.70. The fourth-order valence-corrected chi connectivity index (χ4v) is 2.51. The number of carbonyl (C=O) groups is 2. The van der Waals surface area contributed by atoms with Gasteiger partial charge in [-0.25, -0.2) is 9.37 Å². The maximum absolute atomic E-state index is 13.7. The first kappa shape index (κ1) is 16.8. The molecule has 0 aliphatic carbocycles. The Balaban J connectivity index is 1.77. The average Bonchev–Trinajstić information content (AvgIpc) is 3.28. The van der Waals surface area contributed by atoms with E-state index in [1.165, 1.54) is 18.5 Å². The topological polar surface area (TPSA) is 93.5 Å². The van der Waals surface area contributed by atoms with Crippen LogP contribution in [-0.2, 0) is 9.53 Å². The number of ether oxygens (including phenoxy) is 1. The zero-order chi connectivity index (χ0) is 17.8. The van der Waals surface area contributed by atoms with E-state index in [1.807, 2.05) is 0 Å². The van der Waals surface area contributed by atoms with Gasteiger partial charge in [0.1, 0.15) is 11.9 Å². The van der Waals surface area contributed by atoms with Crippen molar-refractivity contribution in [3.63, 3.8) is 0 Å². The van der Waals surface area contributed by atoms with E-state index in [4.69, 9.17) is 9.15 Å². The third kappa shape index (κ3) is 3.74. The second kappa shape index (κ2) is 7.27. The first-order valence-corrected chi connectivity index (χ1v) is 7.68. The molecule has 2 aromatic rings. The van der Waals surface area contributed by atoms with Crippen LogP contribution < -0.4 is 10.6 Å². The molecule has 1 aromatic carbocycles. The first-order valence-electron chi connectivity index (χ1n) is 7.68. The van der Waals surface area contributed by atoms with E-state index >= 15 is 0 Å². The van der Waals surface area contributed by atoms with Gasteiger partial charge in [-0.15, -0.1) is 0 Å². The van der Waals surface area contributed by atoms with Gasteiger partial charge in [-0.3, -0.25) is 9.59 Å². The number of amides is 2. The lowest BCUT2D eigenvalue weighted by molar-refractivity contribution is -0.111. The SMILES string of the molecule is C=CC(=O)Nc1cc(NC(=O)c2ncoc2C2CCCO2)ccc1F. The van der Waals surface area contributed by atoms with Crippen molar-refractivity contribution < 1.29 is 23.1 Å². The zero-order valence-corrected chi connectivity index (χ0v) is 13.3. The number of carbonyl (C=O) groups excluding carboxylic acids is 2. The minimum absolute atomic E-state index is 0.0674. The molecule has 0 spiro atoms. The lowest BCUT2D eigenvalue weighted by atomic mass is 10.1. The molecule has 1 unspecified atom stereocenters. The van der Waals surface area contributed by atoms with Crippen molar-refractivity contribution in [1.29, 1.82) is 0 Å². The Morgan fingerprint density at radius 1 is 1.36 bits per heavy atom. The van der Waals surface area contributed by atoms with E-state index in [0.29, 0.717) is 18.1 Å². The Bertz CT molecular complexity index is 812. The number of hydrogen-bond acceptors (Lipinski definition) is 5. The number of rotatable bonds is 5. The number of benzene rings is 1. The molecule has 1 atom stereocenters. The number of anilines is 2. The van der Waals surface area contributed by atoms with Crippen LogP contribution in [0.2, 0.25) is 0 Å². The number of nitrogens with zero attached hydrogens (tertiary/aromatic N) is 1. The van der Waals surface area contributed by atoms with Crippen LogP contribution in [0.25, 0.3) is 0 Å². The predicted molar refractivity (Wildman–Crippen MR) is 87.6 cm³/mol. The smallest absolute Gasteiger partial charge is 0.278 e. The molecule has 0 saturated carbocycles. The molecule has 1 fully saturated rings. The normalized spacial score (nSPS) is 16.4. The van der Waals surface area contributed by atoms with E-state index < -0.39 is 17.6 Å². The highest BCUT2D eigenvalue weighted by Gasteiger charge is 2.28. The number of aromatic nitrogens is 1. The van der Waals surface area contributed by atoms with Gasteiger partial charge in [0.25, 0.3) is 5.91 Å². The Morgan fingerprint density at radius 3 is 2.92 bits per heavy atom. The summed E-state index contributed by atoms with van der Waals surface area (Å²) in [4.78, 5) is 27.7. The quantitative estimate of drug-likeness (QED) is 0.813. The van der Waals surface area contributed by atoms with Crippen molar-refractivity contribution in [3.05, 3.63) is 54.5 Å². The molecule has 2 N–H and O–H groups in total. The lowest BCUT2D eigenvalue weighted by Crippen LogP contribution is -2.16. The average molecular weight is 345 g/mol. The van der Waals surface area contributed by atoms with Crippen molar-refractivity contribution in [1.82, 2.24) is 4.98 Å². The van der Waals surface area contributed by atoms with Crippen molar-refractivity contribution >= 4 is 23.2 Å². The van der Waals surface area contributed by atoms with E-state index in [-0.39, 0.29) is 17.5 Å². The molecule has 1 aliphatic heterocycles. The first-order chi connectivity index (χ1) is 12.1. The van der Waals surface area contributed by atoms with E-state index in [2.05, 4.69) is 22.2 Å². The van der Waals surface area contributed by atoms with Crippen LogP contribution in [-0.4, -0.2) is 23.4 Å². The van der Waals surface area contributed by atoms with Gasteiger partial charge in [0, 0.05) is 12.3 Å². The fourth-order valence-electron chi connectivity index (χ4n) is 2.51. The van der Waals surface area contributed by atoms with Gasteiger partial charge in [0.05, 0.1) is 5.69 Å². The molecule has 25 heavy (non-hydrogen) atoms. The van der Waals surface area contributed by atoms with Gasteiger partial charge in [-0.2, -0.15) is 0 Å². The second-order valence-corrected chi connectivity index (χ2v) is 5.41. The summed E-state index contributed by atoms with van der Waals surface area (Å²) in [5, 5.41) is 4.93. The van der Waals surface area contributed by atoms with E-state index in [9.17, 15) is 14.0 Å². The summed E-state index contributed by atoms with van der Waals surface area (Å²) >= 11 is 0. The molecule has 2 amide bonds. The molecular formula is C17H16FN3O4. The van der Waals surface area contributed by atoms with Gasteiger partial charge in [-0.1, -0.05) is 6.58 Å². The van der Waals surface area contributed by atoms with E-state index in [0.717, 1.165) is 25.0 Å². The van der Waals surface area contributed by atoms with Gasteiger partial charge in [-0.05, 0) is 37.1 Å². The monoisotopic (exact) mass is 345 g/mol. The molecule has 8 heteroatoms. The molecule has 2 heterocycles. The Labute approximate surface area is 142 Å². The van der Waals surface area contributed by atoms with Crippen LogP contribution in [0.3, 0.4) is 0 Å². The largest absolute Gasteiger partial charge is 0.445 e. The van der Waals surface area contributed by atoms with Gasteiger partial charge in [0.15, 0.2) is 17.8 Å². The fraction of sp³-hybridized carbons (Fsp3) is 0.235. The van der Waals surface area contributed by atoms with Crippen LogP contribution in [0.1, 0.15) is 35.2 Å². The van der Waals surface area contributed by atoms with Gasteiger partial charge < -0.3 is 19.8 Å². The van der Waals surface area contributed by atoms with Crippen LogP contribution in [0.15, 0.2) is 41.7 Å². The van der Waals surface area contributed by atoms with Gasteiger partial charge in [0.2, 0.25) is 5.91 Å². The summed E-state index contributed by atoms with van der Waals surface area (Å²) < 4.78 is 24.5. The summed E-state index contributed by atoms with van der Waals surface area (Å²) in [5.41, 5.74) is 0.349. The summed E-state index contributed by atoms with van der Waals surface area (Å²) in [6.45, 7) is 3.91. The highest BCUT2D eigenvalue weighted by atomic mass is 19.1.